The minimum Gasteiger partial charge on any atom is -0.325 e. The number of carbonyl (C=O) groups excluding carboxylic acids is 1. The summed E-state index contributed by atoms with van der Waals surface area (Å²) in [6, 6.07) is 16.2. The van der Waals surface area contributed by atoms with E-state index in [1.54, 1.807) is 0 Å². The summed E-state index contributed by atoms with van der Waals surface area (Å²) < 4.78 is 0. The molecule has 0 unspecified atom stereocenters. The number of aromatic nitrogens is 1. The fraction of sp³-hybridized carbons (Fsp3) is 0.200. The van der Waals surface area contributed by atoms with Crippen molar-refractivity contribution in [3.8, 4) is 0 Å². The van der Waals surface area contributed by atoms with E-state index in [-0.39, 0.29) is 5.91 Å². The number of nitrogens with one attached hydrogen (secondary N) is 1. The molecule has 0 saturated heterocycles. The van der Waals surface area contributed by atoms with Gasteiger partial charge in [-0.25, -0.2) is 4.98 Å². The molecule has 122 valence electrons. The van der Waals surface area contributed by atoms with Crippen molar-refractivity contribution in [2.24, 2.45) is 0 Å². The summed E-state index contributed by atoms with van der Waals surface area (Å²) in [4.78, 5) is 16.8. The molecule has 0 fully saturated rings. The molecule has 0 aliphatic carbocycles. The average molecular weight is 336 g/mol. The number of fused-ring (bicyclic) bond motifs is 1. The Labute approximate surface area is 146 Å². The molecule has 0 saturated carbocycles. The van der Waals surface area contributed by atoms with Crippen molar-refractivity contribution in [1.29, 1.82) is 0 Å². The first kappa shape index (κ1) is 16.5. The van der Waals surface area contributed by atoms with Gasteiger partial charge in [-0.05, 0) is 61.7 Å². The van der Waals surface area contributed by atoms with E-state index < -0.39 is 0 Å². The Balaban J connectivity index is 1.68. The predicted octanol–water partition coefficient (Wildman–Crippen LogP) is 4.89. The molecule has 0 aliphatic heterocycles. The van der Waals surface area contributed by atoms with Gasteiger partial charge in [0.1, 0.15) is 0 Å². The predicted molar refractivity (Wildman–Crippen MR) is 102 cm³/mol. The van der Waals surface area contributed by atoms with E-state index in [9.17, 15) is 4.79 Å². The quantitative estimate of drug-likeness (QED) is 0.690. The van der Waals surface area contributed by atoms with Crippen LogP contribution in [-0.4, -0.2) is 16.6 Å². The number of hydrogen-bond donors (Lipinski definition) is 1. The van der Waals surface area contributed by atoms with Gasteiger partial charge in [0.25, 0.3) is 0 Å². The molecule has 24 heavy (non-hydrogen) atoms. The van der Waals surface area contributed by atoms with Crippen molar-refractivity contribution in [3.63, 3.8) is 0 Å². The van der Waals surface area contributed by atoms with Crippen LogP contribution in [-0.2, 0) is 4.79 Å². The van der Waals surface area contributed by atoms with Crippen LogP contribution in [0.15, 0.2) is 53.6 Å². The number of pyridine rings is 1. The van der Waals surface area contributed by atoms with E-state index in [0.29, 0.717) is 5.75 Å². The van der Waals surface area contributed by atoms with Crippen LogP contribution in [0.3, 0.4) is 0 Å². The number of rotatable bonds is 4. The number of anilines is 1. The van der Waals surface area contributed by atoms with E-state index in [1.807, 2.05) is 50.2 Å². The third-order valence-corrected chi connectivity index (χ3v) is 4.67. The van der Waals surface area contributed by atoms with Crippen LogP contribution in [0.2, 0.25) is 0 Å². The lowest BCUT2D eigenvalue weighted by atomic mass is 10.1. The maximum absolute atomic E-state index is 12.2. The highest BCUT2D eigenvalue weighted by atomic mass is 32.2. The monoisotopic (exact) mass is 336 g/mol. The standard InChI is InChI=1S/C20H20N2OS/c1-13-8-14(2)10-16(9-13)21-19(23)12-24-20-11-15(3)17-6-4-5-7-18(17)22-20/h4-11H,12H2,1-3H3,(H,21,23). The molecule has 1 amide bonds. The zero-order valence-corrected chi connectivity index (χ0v) is 14.9. The third kappa shape index (κ3) is 3.95. The van der Waals surface area contributed by atoms with E-state index in [0.717, 1.165) is 32.7 Å². The normalized spacial score (nSPS) is 10.8. The zero-order valence-electron chi connectivity index (χ0n) is 14.1. The van der Waals surface area contributed by atoms with Crippen LogP contribution >= 0.6 is 11.8 Å². The Morgan fingerprint density at radius 1 is 1.04 bits per heavy atom. The summed E-state index contributed by atoms with van der Waals surface area (Å²) in [7, 11) is 0. The van der Waals surface area contributed by atoms with Crippen LogP contribution in [0.25, 0.3) is 10.9 Å². The Kier molecular flexibility index (Phi) is 4.86. The first-order chi connectivity index (χ1) is 11.5. The highest BCUT2D eigenvalue weighted by Crippen LogP contribution is 2.23. The van der Waals surface area contributed by atoms with Crippen LogP contribution in [0.4, 0.5) is 5.69 Å². The Bertz CT molecular complexity index is 885. The molecule has 0 spiro atoms. The second kappa shape index (κ2) is 7.05. The molecule has 1 N–H and O–H groups in total. The molecule has 3 aromatic rings. The first-order valence-electron chi connectivity index (χ1n) is 7.88. The van der Waals surface area contributed by atoms with Crippen LogP contribution in [0.1, 0.15) is 16.7 Å². The fourth-order valence-electron chi connectivity index (χ4n) is 2.78. The Morgan fingerprint density at radius 2 is 1.75 bits per heavy atom. The van der Waals surface area contributed by atoms with Gasteiger partial charge >= 0.3 is 0 Å². The lowest BCUT2D eigenvalue weighted by molar-refractivity contribution is -0.113. The van der Waals surface area contributed by atoms with Crippen molar-refractivity contribution in [1.82, 2.24) is 4.98 Å². The topological polar surface area (TPSA) is 42.0 Å². The van der Waals surface area contributed by atoms with Gasteiger partial charge in [-0.15, -0.1) is 0 Å². The maximum atomic E-state index is 12.2. The summed E-state index contributed by atoms with van der Waals surface area (Å²) >= 11 is 1.46. The molecule has 2 aromatic carbocycles. The molecule has 3 nitrogen and oxygen atoms in total. The number of aryl methyl sites for hydroxylation is 3. The lowest BCUT2D eigenvalue weighted by Gasteiger charge is -2.08. The largest absolute Gasteiger partial charge is 0.325 e. The fourth-order valence-corrected chi connectivity index (χ4v) is 3.55. The molecule has 0 aliphatic rings. The Hall–Kier alpha value is -2.33. The highest BCUT2D eigenvalue weighted by molar-refractivity contribution is 7.99. The van der Waals surface area contributed by atoms with Crippen molar-refractivity contribution < 1.29 is 4.79 Å². The summed E-state index contributed by atoms with van der Waals surface area (Å²) in [5.74, 6) is 0.329. The maximum Gasteiger partial charge on any atom is 0.234 e. The van der Waals surface area contributed by atoms with Gasteiger partial charge in [0.15, 0.2) is 0 Å². The summed E-state index contributed by atoms with van der Waals surface area (Å²) in [6.07, 6.45) is 0. The molecule has 0 atom stereocenters. The van der Waals surface area contributed by atoms with E-state index >= 15 is 0 Å². The van der Waals surface area contributed by atoms with Crippen molar-refractivity contribution in [2.75, 3.05) is 11.1 Å². The molecule has 1 heterocycles. The zero-order chi connectivity index (χ0) is 17.1. The highest BCUT2D eigenvalue weighted by Gasteiger charge is 2.07. The number of carbonyl (C=O) groups is 1. The number of nitrogens with zero attached hydrogens (tertiary/aromatic N) is 1. The summed E-state index contributed by atoms with van der Waals surface area (Å²) in [5, 5.41) is 4.99. The summed E-state index contributed by atoms with van der Waals surface area (Å²) in [6.45, 7) is 6.13. The molecular formula is C20H20N2OS. The van der Waals surface area contributed by atoms with E-state index in [1.165, 1.54) is 17.3 Å². The smallest absolute Gasteiger partial charge is 0.234 e. The van der Waals surface area contributed by atoms with Crippen LogP contribution in [0.5, 0.6) is 0 Å². The molecule has 0 bridgehead atoms. The van der Waals surface area contributed by atoms with Gasteiger partial charge in [-0.2, -0.15) is 0 Å². The van der Waals surface area contributed by atoms with Gasteiger partial charge < -0.3 is 5.32 Å². The van der Waals surface area contributed by atoms with Gasteiger partial charge in [0.05, 0.1) is 16.3 Å². The van der Waals surface area contributed by atoms with Crippen molar-refractivity contribution >= 4 is 34.3 Å². The average Bonchev–Trinajstić information content (AvgIpc) is 2.52. The van der Waals surface area contributed by atoms with Crippen molar-refractivity contribution in [3.05, 3.63) is 65.2 Å². The molecule has 0 radical (unpaired) electrons. The van der Waals surface area contributed by atoms with Crippen molar-refractivity contribution in [2.45, 2.75) is 25.8 Å². The van der Waals surface area contributed by atoms with E-state index in [4.69, 9.17) is 0 Å². The summed E-state index contributed by atoms with van der Waals surface area (Å²) in [5.41, 5.74) is 5.28. The lowest BCUT2D eigenvalue weighted by Crippen LogP contribution is -2.14. The second-order valence-electron chi connectivity index (χ2n) is 6.01. The minimum absolute atomic E-state index is 0.0161. The molecular weight excluding hydrogens is 316 g/mol. The van der Waals surface area contributed by atoms with Crippen LogP contribution in [0, 0.1) is 20.8 Å². The van der Waals surface area contributed by atoms with Gasteiger partial charge in [-0.1, -0.05) is 36.0 Å². The Morgan fingerprint density at radius 3 is 2.50 bits per heavy atom. The van der Waals surface area contributed by atoms with Crippen LogP contribution < -0.4 is 5.32 Å². The number of benzene rings is 2. The second-order valence-corrected chi connectivity index (χ2v) is 7.00. The first-order valence-corrected chi connectivity index (χ1v) is 8.87. The molecule has 3 rings (SSSR count). The minimum atomic E-state index is -0.0161. The van der Waals surface area contributed by atoms with Gasteiger partial charge in [-0.3, -0.25) is 4.79 Å². The number of amides is 1. The molecule has 4 heteroatoms. The van der Waals surface area contributed by atoms with Gasteiger partial charge in [0.2, 0.25) is 5.91 Å². The molecule has 1 aromatic heterocycles. The number of para-hydroxylation sites is 1. The van der Waals surface area contributed by atoms with E-state index in [2.05, 4.69) is 29.4 Å². The SMILES string of the molecule is Cc1cc(C)cc(NC(=O)CSc2cc(C)c3ccccc3n2)c1. The third-order valence-electron chi connectivity index (χ3n) is 3.76. The van der Waals surface area contributed by atoms with Gasteiger partial charge in [0, 0.05) is 11.1 Å². The number of hydrogen-bond acceptors (Lipinski definition) is 3. The number of thioether (sulfide) groups is 1.